The number of benzene rings is 3. The van der Waals surface area contributed by atoms with Gasteiger partial charge < -0.3 is 4.90 Å². The highest BCUT2D eigenvalue weighted by atomic mass is 16.2. The van der Waals surface area contributed by atoms with E-state index >= 15 is 0 Å². The van der Waals surface area contributed by atoms with Crippen molar-refractivity contribution in [1.82, 2.24) is 0 Å². The lowest BCUT2D eigenvalue weighted by Gasteiger charge is -2.30. The molecule has 3 aromatic rings. The highest BCUT2D eigenvalue weighted by molar-refractivity contribution is 6.07. The lowest BCUT2D eigenvalue weighted by molar-refractivity contribution is -0.117. The predicted molar refractivity (Wildman–Crippen MR) is 111 cm³/mol. The van der Waals surface area contributed by atoms with Gasteiger partial charge in [0.2, 0.25) is 5.91 Å². The van der Waals surface area contributed by atoms with E-state index in [-0.39, 0.29) is 11.9 Å². The Morgan fingerprint density at radius 1 is 0.926 bits per heavy atom. The van der Waals surface area contributed by atoms with Crippen LogP contribution in [0.2, 0.25) is 0 Å². The summed E-state index contributed by atoms with van der Waals surface area (Å²) in [5.41, 5.74) is 6.13. The van der Waals surface area contributed by atoms with Crippen LogP contribution in [-0.4, -0.2) is 11.6 Å². The average molecular weight is 354 g/mol. The second-order valence-electron chi connectivity index (χ2n) is 6.93. The Labute approximate surface area is 160 Å². The van der Waals surface area contributed by atoms with Crippen molar-refractivity contribution in [3.8, 4) is 0 Å². The normalized spacial score (nSPS) is 16.3. The van der Waals surface area contributed by atoms with Crippen molar-refractivity contribution in [1.29, 1.82) is 0 Å². The molecule has 1 amide bonds. The predicted octanol–water partition coefficient (Wildman–Crippen LogP) is 5.61. The first-order valence-corrected chi connectivity index (χ1v) is 9.22. The number of para-hydroxylation sites is 2. The highest BCUT2D eigenvalue weighted by Crippen LogP contribution is 2.40. The molecule has 1 unspecified atom stereocenters. The Morgan fingerprint density at radius 3 is 2.30 bits per heavy atom. The number of amides is 1. The maximum Gasteiger partial charge on any atom is 0.224 e. The van der Waals surface area contributed by atoms with E-state index in [2.05, 4.69) is 43.3 Å². The van der Waals surface area contributed by atoms with Crippen LogP contribution in [0.1, 0.15) is 36.1 Å². The molecule has 1 atom stereocenters. The molecule has 0 radical (unpaired) electrons. The zero-order valence-corrected chi connectivity index (χ0v) is 15.6. The summed E-state index contributed by atoms with van der Waals surface area (Å²) in [6.07, 6.45) is 0.668. The van der Waals surface area contributed by atoms with Gasteiger partial charge in [-0.1, -0.05) is 72.3 Å². The largest absolute Gasteiger partial charge is 0.303 e. The molecule has 0 saturated heterocycles. The van der Waals surface area contributed by atoms with E-state index < -0.39 is 0 Å². The molecular weight excluding hydrogens is 332 g/mol. The number of rotatable bonds is 2. The standard InChI is InChI=1S/C24H22N2O/c1-17-12-14-19(15-13-17)22-16-24(20-8-4-3-5-9-20)26(18(2)27)23-11-7-6-10-21(23)25-22/h3-15,24H,16H2,1-2H3. The number of carbonyl (C=O) groups excluding carboxylic acids is 1. The van der Waals surface area contributed by atoms with Crippen LogP contribution in [0.25, 0.3) is 0 Å². The van der Waals surface area contributed by atoms with Crippen molar-refractivity contribution in [2.75, 3.05) is 4.90 Å². The molecule has 0 aliphatic carbocycles. The Bertz CT molecular complexity index is 990. The van der Waals surface area contributed by atoms with Gasteiger partial charge in [-0.05, 0) is 30.2 Å². The first kappa shape index (κ1) is 17.2. The molecule has 0 spiro atoms. The molecule has 1 aliphatic rings. The number of fused-ring (bicyclic) bond motifs is 1. The van der Waals surface area contributed by atoms with Gasteiger partial charge in [0.05, 0.1) is 23.1 Å². The van der Waals surface area contributed by atoms with E-state index in [1.807, 2.05) is 47.4 Å². The van der Waals surface area contributed by atoms with Gasteiger partial charge >= 0.3 is 0 Å². The minimum absolute atomic E-state index is 0.0247. The average Bonchev–Trinajstić information content (AvgIpc) is 2.86. The Hall–Kier alpha value is -3.20. The fraction of sp³-hybridized carbons (Fsp3) is 0.167. The molecule has 0 saturated carbocycles. The number of anilines is 1. The zero-order valence-electron chi connectivity index (χ0n) is 15.6. The summed E-state index contributed by atoms with van der Waals surface area (Å²) in [6.45, 7) is 3.71. The van der Waals surface area contributed by atoms with E-state index in [0.717, 1.165) is 28.2 Å². The molecule has 0 aromatic heterocycles. The fourth-order valence-corrected chi connectivity index (χ4v) is 3.66. The molecule has 1 heterocycles. The van der Waals surface area contributed by atoms with Gasteiger partial charge in [0, 0.05) is 13.3 Å². The number of hydrogen-bond acceptors (Lipinski definition) is 2. The zero-order chi connectivity index (χ0) is 18.8. The van der Waals surface area contributed by atoms with Crippen molar-refractivity contribution in [3.63, 3.8) is 0 Å². The van der Waals surface area contributed by atoms with Gasteiger partial charge in [-0.2, -0.15) is 0 Å². The smallest absolute Gasteiger partial charge is 0.224 e. The lowest BCUT2D eigenvalue weighted by Crippen LogP contribution is -2.33. The minimum Gasteiger partial charge on any atom is -0.303 e. The van der Waals surface area contributed by atoms with E-state index in [4.69, 9.17) is 4.99 Å². The van der Waals surface area contributed by atoms with Gasteiger partial charge in [0.15, 0.2) is 0 Å². The molecule has 0 fully saturated rings. The Morgan fingerprint density at radius 2 is 1.59 bits per heavy atom. The first-order valence-electron chi connectivity index (χ1n) is 9.22. The maximum absolute atomic E-state index is 12.7. The number of aliphatic imine (C=N–C) groups is 1. The third-order valence-electron chi connectivity index (χ3n) is 5.00. The summed E-state index contributed by atoms with van der Waals surface area (Å²) in [6, 6.07) is 26.5. The summed E-state index contributed by atoms with van der Waals surface area (Å²) in [5, 5.41) is 0. The van der Waals surface area contributed by atoms with E-state index in [1.165, 1.54) is 5.56 Å². The van der Waals surface area contributed by atoms with E-state index in [9.17, 15) is 4.79 Å². The van der Waals surface area contributed by atoms with Crippen molar-refractivity contribution < 1.29 is 4.79 Å². The summed E-state index contributed by atoms with van der Waals surface area (Å²) in [7, 11) is 0. The molecular formula is C24H22N2O. The van der Waals surface area contributed by atoms with Crippen LogP contribution in [0.4, 0.5) is 11.4 Å². The van der Waals surface area contributed by atoms with Crippen LogP contribution in [0.5, 0.6) is 0 Å². The molecule has 4 rings (SSSR count). The second-order valence-corrected chi connectivity index (χ2v) is 6.93. The van der Waals surface area contributed by atoms with Crippen molar-refractivity contribution in [3.05, 3.63) is 95.6 Å². The molecule has 1 aliphatic heterocycles. The monoisotopic (exact) mass is 354 g/mol. The van der Waals surface area contributed by atoms with Crippen LogP contribution >= 0.6 is 0 Å². The van der Waals surface area contributed by atoms with Crippen LogP contribution < -0.4 is 4.90 Å². The number of hydrogen-bond donors (Lipinski definition) is 0. The van der Waals surface area contributed by atoms with Gasteiger partial charge in [0.1, 0.15) is 0 Å². The van der Waals surface area contributed by atoms with E-state index in [0.29, 0.717) is 6.42 Å². The second kappa shape index (κ2) is 7.20. The number of nitrogens with zero attached hydrogens (tertiary/aromatic N) is 2. The third-order valence-corrected chi connectivity index (χ3v) is 5.00. The van der Waals surface area contributed by atoms with Gasteiger partial charge in [-0.25, -0.2) is 0 Å². The summed E-state index contributed by atoms with van der Waals surface area (Å²) in [5.74, 6) is 0.0247. The summed E-state index contributed by atoms with van der Waals surface area (Å²) >= 11 is 0. The van der Waals surface area contributed by atoms with Crippen molar-refractivity contribution in [2.45, 2.75) is 26.3 Å². The molecule has 3 heteroatoms. The van der Waals surface area contributed by atoms with Crippen LogP contribution in [-0.2, 0) is 4.79 Å². The highest BCUT2D eigenvalue weighted by Gasteiger charge is 2.30. The topological polar surface area (TPSA) is 32.7 Å². The number of carbonyl (C=O) groups is 1. The quantitative estimate of drug-likeness (QED) is 0.588. The molecule has 27 heavy (non-hydrogen) atoms. The third kappa shape index (κ3) is 3.41. The van der Waals surface area contributed by atoms with Crippen molar-refractivity contribution in [2.24, 2.45) is 4.99 Å². The first-order chi connectivity index (χ1) is 13.1. The van der Waals surface area contributed by atoms with Crippen LogP contribution in [0.15, 0.2) is 83.9 Å². The lowest BCUT2D eigenvalue weighted by atomic mass is 9.95. The molecule has 0 N–H and O–H groups in total. The van der Waals surface area contributed by atoms with Crippen LogP contribution in [0.3, 0.4) is 0 Å². The molecule has 3 nitrogen and oxygen atoms in total. The maximum atomic E-state index is 12.7. The minimum atomic E-state index is -0.0904. The summed E-state index contributed by atoms with van der Waals surface area (Å²) in [4.78, 5) is 19.5. The number of aryl methyl sites for hydroxylation is 1. The van der Waals surface area contributed by atoms with Gasteiger partial charge in [0.25, 0.3) is 0 Å². The Balaban J connectivity index is 1.90. The van der Waals surface area contributed by atoms with E-state index in [1.54, 1.807) is 6.92 Å². The van der Waals surface area contributed by atoms with Crippen molar-refractivity contribution >= 4 is 23.0 Å². The molecule has 0 bridgehead atoms. The van der Waals surface area contributed by atoms with Gasteiger partial charge in [-0.3, -0.25) is 9.79 Å². The van der Waals surface area contributed by atoms with Crippen LogP contribution in [0, 0.1) is 6.92 Å². The van der Waals surface area contributed by atoms with Gasteiger partial charge in [-0.15, -0.1) is 0 Å². The molecule has 3 aromatic carbocycles. The molecule has 134 valence electrons. The summed E-state index contributed by atoms with van der Waals surface area (Å²) < 4.78 is 0. The Kier molecular flexibility index (Phi) is 4.59. The fourth-order valence-electron chi connectivity index (χ4n) is 3.66. The SMILES string of the molecule is CC(=O)N1c2ccccc2N=C(c2ccc(C)cc2)CC1c1ccccc1.